The summed E-state index contributed by atoms with van der Waals surface area (Å²) in [7, 11) is 0. The smallest absolute Gasteiger partial charge is 0.268 e. The summed E-state index contributed by atoms with van der Waals surface area (Å²) in [6.45, 7) is 5.67. The van der Waals surface area contributed by atoms with Gasteiger partial charge in [0, 0.05) is 0 Å². The summed E-state index contributed by atoms with van der Waals surface area (Å²) < 4.78 is 5.82. The Balaban J connectivity index is 1.82. The number of nitrogens with zero attached hydrogens (tertiary/aromatic N) is 1. The van der Waals surface area contributed by atoms with Gasteiger partial charge in [-0.05, 0) is 56.2 Å². The molecule has 2 aromatic rings. The predicted molar refractivity (Wildman–Crippen MR) is 93.4 cm³/mol. The van der Waals surface area contributed by atoms with E-state index < -0.39 is 6.10 Å². The van der Waals surface area contributed by atoms with Crippen molar-refractivity contribution >= 4 is 23.2 Å². The summed E-state index contributed by atoms with van der Waals surface area (Å²) in [5.41, 5.74) is 3.48. The Hall–Kier alpha value is -2.82. The minimum atomic E-state index is -0.690. The Kier molecular flexibility index (Phi) is 4.25. The Bertz CT molecular complexity index is 781. The molecule has 0 unspecified atom stereocenters. The zero-order valence-corrected chi connectivity index (χ0v) is 14.0. The number of nitrogens with one attached hydrogen (secondary N) is 1. The van der Waals surface area contributed by atoms with Gasteiger partial charge in [0.05, 0.1) is 11.4 Å². The summed E-state index contributed by atoms with van der Waals surface area (Å²) in [4.78, 5) is 26.1. The van der Waals surface area contributed by atoms with Crippen LogP contribution in [0.3, 0.4) is 0 Å². The molecule has 0 fully saturated rings. The van der Waals surface area contributed by atoms with Crippen LogP contribution in [0.15, 0.2) is 42.5 Å². The zero-order valence-electron chi connectivity index (χ0n) is 14.0. The van der Waals surface area contributed by atoms with Crippen molar-refractivity contribution in [3.63, 3.8) is 0 Å². The fourth-order valence-electron chi connectivity index (χ4n) is 2.90. The topological polar surface area (TPSA) is 58.6 Å². The van der Waals surface area contributed by atoms with Crippen LogP contribution in [0.5, 0.6) is 5.75 Å². The lowest BCUT2D eigenvalue weighted by Gasteiger charge is -2.31. The van der Waals surface area contributed by atoms with Crippen LogP contribution < -0.4 is 15.0 Å². The number of carbonyl (C=O) groups is 2. The van der Waals surface area contributed by atoms with Crippen LogP contribution in [-0.4, -0.2) is 24.5 Å². The molecule has 2 aromatic carbocycles. The molecule has 1 atom stereocenters. The van der Waals surface area contributed by atoms with E-state index >= 15 is 0 Å². The second-order valence-electron chi connectivity index (χ2n) is 6.07. The Morgan fingerprint density at radius 2 is 1.83 bits per heavy atom. The van der Waals surface area contributed by atoms with E-state index in [-0.39, 0.29) is 18.4 Å². The van der Waals surface area contributed by atoms with Gasteiger partial charge in [-0.2, -0.15) is 0 Å². The van der Waals surface area contributed by atoms with Crippen LogP contribution in [0.25, 0.3) is 0 Å². The van der Waals surface area contributed by atoms with Gasteiger partial charge in [-0.3, -0.25) is 14.5 Å². The van der Waals surface area contributed by atoms with Crippen molar-refractivity contribution < 1.29 is 14.3 Å². The first kappa shape index (κ1) is 16.1. The number of hydrogen-bond acceptors (Lipinski definition) is 3. The maximum absolute atomic E-state index is 12.8. The van der Waals surface area contributed by atoms with E-state index in [1.54, 1.807) is 13.0 Å². The van der Waals surface area contributed by atoms with E-state index in [4.69, 9.17) is 4.74 Å². The van der Waals surface area contributed by atoms with E-state index in [1.165, 1.54) is 4.90 Å². The molecule has 0 saturated heterocycles. The minimum Gasteiger partial charge on any atom is -0.481 e. The number of rotatable bonds is 3. The number of benzene rings is 2. The number of ether oxygens (including phenoxy) is 1. The summed E-state index contributed by atoms with van der Waals surface area (Å²) in [6.07, 6.45) is -0.690. The zero-order chi connectivity index (χ0) is 17.3. The van der Waals surface area contributed by atoms with Crippen molar-refractivity contribution in [2.24, 2.45) is 0 Å². The molecule has 24 heavy (non-hydrogen) atoms. The molecule has 2 amide bonds. The number of anilines is 2. The highest BCUT2D eigenvalue weighted by atomic mass is 16.5. The Labute approximate surface area is 141 Å². The molecule has 0 aromatic heterocycles. The van der Waals surface area contributed by atoms with Crippen LogP contribution in [0.2, 0.25) is 0 Å². The van der Waals surface area contributed by atoms with Gasteiger partial charge in [-0.1, -0.05) is 18.2 Å². The molecule has 1 N–H and O–H groups in total. The predicted octanol–water partition coefficient (Wildman–Crippen LogP) is 3.06. The largest absolute Gasteiger partial charge is 0.481 e. The highest BCUT2D eigenvalue weighted by Crippen LogP contribution is 2.29. The van der Waals surface area contributed by atoms with E-state index in [0.29, 0.717) is 17.1 Å². The first-order valence-electron chi connectivity index (χ1n) is 7.89. The standard InChI is InChI=1S/C19H20N2O3/c1-12-8-13(2)10-15(9-12)24-14(3)19(23)21-11-18(22)20-16-6-4-5-7-17(16)21/h4-10,14H,11H2,1-3H3,(H,20,22)/t14-/m1/s1. The van der Waals surface area contributed by atoms with Crippen molar-refractivity contribution in [3.8, 4) is 5.75 Å². The first-order valence-corrected chi connectivity index (χ1v) is 7.89. The average molecular weight is 324 g/mol. The van der Waals surface area contributed by atoms with Crippen LogP contribution in [0.1, 0.15) is 18.1 Å². The van der Waals surface area contributed by atoms with Crippen molar-refractivity contribution in [2.75, 3.05) is 16.8 Å². The fourth-order valence-corrected chi connectivity index (χ4v) is 2.90. The third kappa shape index (κ3) is 3.25. The van der Waals surface area contributed by atoms with Gasteiger partial charge in [-0.25, -0.2) is 0 Å². The van der Waals surface area contributed by atoms with Gasteiger partial charge in [0.25, 0.3) is 5.91 Å². The molecule has 0 radical (unpaired) electrons. The van der Waals surface area contributed by atoms with E-state index in [1.807, 2.05) is 50.2 Å². The molecular weight excluding hydrogens is 304 g/mol. The number of fused-ring (bicyclic) bond motifs is 1. The summed E-state index contributed by atoms with van der Waals surface area (Å²) in [6, 6.07) is 13.1. The van der Waals surface area contributed by atoms with Crippen LogP contribution in [0.4, 0.5) is 11.4 Å². The monoisotopic (exact) mass is 324 g/mol. The molecule has 1 aliphatic rings. The maximum Gasteiger partial charge on any atom is 0.268 e. The normalized spacial score (nSPS) is 14.6. The van der Waals surface area contributed by atoms with Crippen molar-refractivity contribution in [3.05, 3.63) is 53.6 Å². The molecule has 3 rings (SSSR count). The lowest BCUT2D eigenvalue weighted by atomic mass is 10.1. The third-order valence-corrected chi connectivity index (χ3v) is 3.89. The maximum atomic E-state index is 12.8. The number of hydrogen-bond donors (Lipinski definition) is 1. The SMILES string of the molecule is Cc1cc(C)cc(O[C@H](C)C(=O)N2CC(=O)Nc3ccccc32)c1. The molecule has 0 saturated carbocycles. The second kappa shape index (κ2) is 6.35. The molecule has 0 aliphatic carbocycles. The highest BCUT2D eigenvalue weighted by Gasteiger charge is 2.30. The van der Waals surface area contributed by atoms with Crippen molar-refractivity contribution in [2.45, 2.75) is 26.9 Å². The van der Waals surface area contributed by atoms with Crippen LogP contribution in [0, 0.1) is 13.8 Å². The van der Waals surface area contributed by atoms with Crippen LogP contribution >= 0.6 is 0 Å². The summed E-state index contributed by atoms with van der Waals surface area (Å²) in [5, 5.41) is 2.77. The van der Waals surface area contributed by atoms with Crippen LogP contribution in [-0.2, 0) is 9.59 Å². The highest BCUT2D eigenvalue weighted by molar-refractivity contribution is 6.10. The minimum absolute atomic E-state index is 0.00358. The molecule has 0 bridgehead atoms. The van der Waals surface area contributed by atoms with Gasteiger partial charge in [0.15, 0.2) is 6.10 Å². The molecule has 1 heterocycles. The summed E-state index contributed by atoms with van der Waals surface area (Å²) in [5.74, 6) is 0.209. The van der Waals surface area contributed by atoms with Gasteiger partial charge in [0.2, 0.25) is 5.91 Å². The van der Waals surface area contributed by atoms with Gasteiger partial charge in [0.1, 0.15) is 12.3 Å². The number of para-hydroxylation sites is 2. The summed E-state index contributed by atoms with van der Waals surface area (Å²) >= 11 is 0. The average Bonchev–Trinajstić information content (AvgIpc) is 2.52. The molecule has 5 nitrogen and oxygen atoms in total. The van der Waals surface area contributed by atoms with Crippen molar-refractivity contribution in [1.29, 1.82) is 0 Å². The Morgan fingerprint density at radius 1 is 1.17 bits per heavy atom. The number of aryl methyl sites for hydroxylation is 2. The Morgan fingerprint density at radius 3 is 2.54 bits per heavy atom. The lowest BCUT2D eigenvalue weighted by Crippen LogP contribution is -2.47. The van der Waals surface area contributed by atoms with E-state index in [0.717, 1.165) is 11.1 Å². The molecule has 1 aliphatic heterocycles. The quantitative estimate of drug-likeness (QED) is 0.944. The molecule has 5 heteroatoms. The van der Waals surface area contributed by atoms with Gasteiger partial charge in [-0.15, -0.1) is 0 Å². The van der Waals surface area contributed by atoms with Crippen molar-refractivity contribution in [1.82, 2.24) is 0 Å². The lowest BCUT2D eigenvalue weighted by molar-refractivity contribution is -0.126. The van der Waals surface area contributed by atoms with Gasteiger partial charge >= 0.3 is 0 Å². The molecule has 124 valence electrons. The number of amides is 2. The second-order valence-corrected chi connectivity index (χ2v) is 6.07. The molecule has 0 spiro atoms. The van der Waals surface area contributed by atoms with Gasteiger partial charge < -0.3 is 10.1 Å². The first-order chi connectivity index (χ1) is 11.4. The van der Waals surface area contributed by atoms with E-state index in [9.17, 15) is 9.59 Å². The number of carbonyl (C=O) groups excluding carboxylic acids is 2. The third-order valence-electron chi connectivity index (χ3n) is 3.89. The molecular formula is C19H20N2O3. The van der Waals surface area contributed by atoms with E-state index in [2.05, 4.69) is 5.32 Å². The fraction of sp³-hybridized carbons (Fsp3) is 0.263.